The summed E-state index contributed by atoms with van der Waals surface area (Å²) < 4.78 is 25.1. The molecule has 6 nitrogen and oxygen atoms in total. The van der Waals surface area contributed by atoms with Crippen molar-refractivity contribution in [1.82, 2.24) is 9.21 Å². The zero-order chi connectivity index (χ0) is 15.2. The van der Waals surface area contributed by atoms with E-state index in [-0.39, 0.29) is 17.9 Å². The third kappa shape index (κ3) is 2.83. The van der Waals surface area contributed by atoms with Crippen molar-refractivity contribution in [2.75, 3.05) is 25.9 Å². The number of hydrogen-bond donors (Lipinski definition) is 1. The SMILES string of the molecule is CS(=O)(=O)N1CCCCC1C(=O)N1CC2CCC(O)C2C1. The van der Waals surface area contributed by atoms with E-state index < -0.39 is 16.1 Å². The number of fused-ring (bicyclic) bond motifs is 1. The van der Waals surface area contributed by atoms with Gasteiger partial charge in [-0.2, -0.15) is 4.31 Å². The number of carbonyl (C=O) groups excluding carboxylic acids is 1. The van der Waals surface area contributed by atoms with Crippen molar-refractivity contribution < 1.29 is 18.3 Å². The van der Waals surface area contributed by atoms with Crippen LogP contribution in [0.5, 0.6) is 0 Å². The summed E-state index contributed by atoms with van der Waals surface area (Å²) in [5.41, 5.74) is 0. The summed E-state index contributed by atoms with van der Waals surface area (Å²) in [4.78, 5) is 14.5. The maximum absolute atomic E-state index is 12.7. The Morgan fingerprint density at radius 3 is 2.57 bits per heavy atom. The second-order valence-electron chi connectivity index (χ2n) is 6.70. The second-order valence-corrected chi connectivity index (χ2v) is 8.63. The molecule has 3 fully saturated rings. The molecule has 4 atom stereocenters. The molecule has 1 saturated carbocycles. The predicted molar refractivity (Wildman–Crippen MR) is 78.0 cm³/mol. The predicted octanol–water partition coefficient (Wildman–Crippen LogP) is 0.0298. The number of rotatable bonds is 2. The molecule has 1 amide bonds. The van der Waals surface area contributed by atoms with E-state index in [1.54, 1.807) is 4.90 Å². The van der Waals surface area contributed by atoms with Gasteiger partial charge in [0.15, 0.2) is 0 Å². The topological polar surface area (TPSA) is 77.9 Å². The van der Waals surface area contributed by atoms with Crippen molar-refractivity contribution in [3.8, 4) is 0 Å². The minimum atomic E-state index is -3.34. The van der Waals surface area contributed by atoms with Gasteiger partial charge in [0.1, 0.15) is 6.04 Å². The molecule has 0 aromatic heterocycles. The summed E-state index contributed by atoms with van der Waals surface area (Å²) in [6.45, 7) is 1.70. The van der Waals surface area contributed by atoms with Crippen molar-refractivity contribution in [2.24, 2.45) is 11.8 Å². The largest absolute Gasteiger partial charge is 0.393 e. The number of hydrogen-bond acceptors (Lipinski definition) is 4. The van der Waals surface area contributed by atoms with Crippen LogP contribution in [0.15, 0.2) is 0 Å². The lowest BCUT2D eigenvalue weighted by Crippen LogP contribution is -2.52. The molecule has 0 radical (unpaired) electrons. The Bertz CT molecular complexity index is 521. The van der Waals surface area contributed by atoms with Crippen LogP contribution in [-0.2, 0) is 14.8 Å². The molecular formula is C14H24N2O4S. The monoisotopic (exact) mass is 316 g/mol. The van der Waals surface area contributed by atoms with Gasteiger partial charge in [-0.05, 0) is 31.6 Å². The van der Waals surface area contributed by atoms with Crippen LogP contribution in [0.1, 0.15) is 32.1 Å². The highest BCUT2D eigenvalue weighted by atomic mass is 32.2. The molecule has 0 bridgehead atoms. The molecule has 1 N–H and O–H groups in total. The van der Waals surface area contributed by atoms with Crippen molar-refractivity contribution in [1.29, 1.82) is 0 Å². The van der Waals surface area contributed by atoms with E-state index in [1.807, 2.05) is 0 Å². The Kier molecular flexibility index (Phi) is 4.00. The van der Waals surface area contributed by atoms with Crippen molar-refractivity contribution in [3.05, 3.63) is 0 Å². The van der Waals surface area contributed by atoms with Gasteiger partial charge in [0.25, 0.3) is 0 Å². The number of amides is 1. The average molecular weight is 316 g/mol. The third-order valence-corrected chi connectivity index (χ3v) is 6.58. The van der Waals surface area contributed by atoms with E-state index in [0.717, 1.165) is 25.7 Å². The van der Waals surface area contributed by atoms with E-state index in [2.05, 4.69) is 0 Å². The highest BCUT2D eigenvalue weighted by molar-refractivity contribution is 7.88. The standard InChI is InChI=1S/C14H24N2O4S/c1-21(19,20)16-7-3-2-4-12(16)14(18)15-8-10-5-6-13(17)11(10)9-15/h10-13,17H,2-9H2,1H3. The molecule has 1 aliphatic carbocycles. The Balaban J connectivity index is 1.72. The number of carbonyl (C=O) groups is 1. The molecule has 2 heterocycles. The first-order valence-corrected chi connectivity index (χ1v) is 9.66. The highest BCUT2D eigenvalue weighted by Crippen LogP contribution is 2.38. The lowest BCUT2D eigenvalue weighted by molar-refractivity contribution is -0.135. The van der Waals surface area contributed by atoms with Crippen molar-refractivity contribution >= 4 is 15.9 Å². The number of aliphatic hydroxyl groups excluding tert-OH is 1. The lowest BCUT2D eigenvalue weighted by atomic mass is 10.00. The molecule has 0 spiro atoms. The maximum Gasteiger partial charge on any atom is 0.241 e. The number of nitrogens with zero attached hydrogens (tertiary/aromatic N) is 2. The van der Waals surface area contributed by atoms with Gasteiger partial charge in [-0.3, -0.25) is 4.79 Å². The van der Waals surface area contributed by atoms with Gasteiger partial charge in [0, 0.05) is 25.6 Å². The van der Waals surface area contributed by atoms with E-state index in [4.69, 9.17) is 0 Å². The van der Waals surface area contributed by atoms with Crippen LogP contribution in [0.4, 0.5) is 0 Å². The van der Waals surface area contributed by atoms with Crippen molar-refractivity contribution in [2.45, 2.75) is 44.2 Å². The number of likely N-dealkylation sites (tertiary alicyclic amines) is 1. The minimum absolute atomic E-state index is 0.0678. The summed E-state index contributed by atoms with van der Waals surface area (Å²) in [6, 6.07) is -0.537. The highest BCUT2D eigenvalue weighted by Gasteiger charge is 2.46. The molecule has 2 saturated heterocycles. The normalized spacial score (nSPS) is 37.7. The van der Waals surface area contributed by atoms with E-state index in [1.165, 1.54) is 10.6 Å². The summed E-state index contributed by atoms with van der Waals surface area (Å²) in [6.07, 6.45) is 5.01. The Labute approximate surface area is 126 Å². The Morgan fingerprint density at radius 1 is 1.14 bits per heavy atom. The zero-order valence-corrected chi connectivity index (χ0v) is 13.3. The Morgan fingerprint density at radius 2 is 1.90 bits per heavy atom. The molecule has 0 aromatic rings. The van der Waals surface area contributed by atoms with Crippen LogP contribution < -0.4 is 0 Å². The Hall–Kier alpha value is -0.660. The van der Waals surface area contributed by atoms with E-state index in [0.29, 0.717) is 32.0 Å². The number of aliphatic hydroxyl groups is 1. The first-order chi connectivity index (χ1) is 9.88. The second kappa shape index (κ2) is 5.52. The maximum atomic E-state index is 12.7. The third-order valence-electron chi connectivity index (χ3n) is 5.30. The van der Waals surface area contributed by atoms with Gasteiger partial charge < -0.3 is 10.0 Å². The zero-order valence-electron chi connectivity index (χ0n) is 12.4. The minimum Gasteiger partial charge on any atom is -0.393 e. The fourth-order valence-corrected chi connectivity index (χ4v) is 5.29. The molecule has 4 unspecified atom stereocenters. The van der Waals surface area contributed by atoms with Gasteiger partial charge in [-0.25, -0.2) is 8.42 Å². The fourth-order valence-electron chi connectivity index (χ4n) is 4.18. The quantitative estimate of drug-likeness (QED) is 0.780. The van der Waals surface area contributed by atoms with E-state index >= 15 is 0 Å². The molecule has 2 aliphatic heterocycles. The smallest absolute Gasteiger partial charge is 0.241 e. The van der Waals surface area contributed by atoms with Gasteiger partial charge in [-0.1, -0.05) is 6.42 Å². The first kappa shape index (κ1) is 15.2. The molecular weight excluding hydrogens is 292 g/mol. The average Bonchev–Trinajstić information content (AvgIpc) is 3.00. The number of piperidine rings is 1. The first-order valence-electron chi connectivity index (χ1n) is 7.81. The summed E-state index contributed by atoms with van der Waals surface area (Å²) in [5, 5.41) is 9.95. The lowest BCUT2D eigenvalue weighted by Gasteiger charge is -2.35. The molecule has 7 heteroatoms. The van der Waals surface area contributed by atoms with Gasteiger partial charge in [-0.15, -0.1) is 0 Å². The molecule has 3 rings (SSSR count). The van der Waals surface area contributed by atoms with Gasteiger partial charge in [0.05, 0.1) is 12.4 Å². The van der Waals surface area contributed by atoms with Crippen LogP contribution in [0, 0.1) is 11.8 Å². The molecule has 21 heavy (non-hydrogen) atoms. The summed E-state index contributed by atoms with van der Waals surface area (Å²) in [7, 11) is -3.34. The van der Waals surface area contributed by atoms with Crippen LogP contribution in [0.25, 0.3) is 0 Å². The summed E-state index contributed by atoms with van der Waals surface area (Å²) in [5.74, 6) is 0.505. The van der Waals surface area contributed by atoms with Gasteiger partial charge in [0.2, 0.25) is 15.9 Å². The molecule has 3 aliphatic rings. The molecule has 0 aromatic carbocycles. The fraction of sp³-hybridized carbons (Fsp3) is 0.929. The van der Waals surface area contributed by atoms with Gasteiger partial charge >= 0.3 is 0 Å². The summed E-state index contributed by atoms with van der Waals surface area (Å²) >= 11 is 0. The van der Waals surface area contributed by atoms with E-state index in [9.17, 15) is 18.3 Å². The van der Waals surface area contributed by atoms with Crippen LogP contribution in [0.3, 0.4) is 0 Å². The van der Waals surface area contributed by atoms with Crippen LogP contribution in [0.2, 0.25) is 0 Å². The van der Waals surface area contributed by atoms with Crippen molar-refractivity contribution in [3.63, 3.8) is 0 Å². The molecule has 120 valence electrons. The van der Waals surface area contributed by atoms with Crippen LogP contribution >= 0.6 is 0 Å². The number of sulfonamides is 1. The van der Waals surface area contributed by atoms with Crippen LogP contribution in [-0.4, -0.2) is 66.7 Å².